The fourth-order valence-electron chi connectivity index (χ4n) is 1.85. The molecule has 0 unspecified atom stereocenters. The summed E-state index contributed by atoms with van der Waals surface area (Å²) in [5.74, 6) is 0.330. The van der Waals surface area contributed by atoms with Crippen molar-refractivity contribution in [3.05, 3.63) is 29.8 Å². The molecule has 0 bridgehead atoms. The zero-order valence-electron chi connectivity index (χ0n) is 10.7. The molecule has 6 nitrogen and oxygen atoms in total. The fraction of sp³-hybridized carbons (Fsp3) is 0.308. The van der Waals surface area contributed by atoms with Crippen LogP contribution in [0, 0.1) is 0 Å². The highest BCUT2D eigenvalue weighted by Gasteiger charge is 2.26. The van der Waals surface area contributed by atoms with Crippen LogP contribution in [0.15, 0.2) is 29.3 Å². The molecule has 2 rings (SSSR count). The van der Waals surface area contributed by atoms with Gasteiger partial charge in [-0.1, -0.05) is 0 Å². The zero-order chi connectivity index (χ0) is 13.8. The van der Waals surface area contributed by atoms with Crippen LogP contribution in [0.3, 0.4) is 0 Å². The van der Waals surface area contributed by atoms with E-state index in [1.165, 1.54) is 0 Å². The van der Waals surface area contributed by atoms with Crippen LogP contribution in [0.5, 0.6) is 0 Å². The number of benzene rings is 1. The van der Waals surface area contributed by atoms with E-state index in [0.717, 1.165) is 6.41 Å². The Morgan fingerprint density at radius 2 is 2.05 bits per heavy atom. The van der Waals surface area contributed by atoms with Crippen molar-refractivity contribution in [2.75, 3.05) is 13.1 Å². The van der Waals surface area contributed by atoms with Crippen molar-refractivity contribution < 1.29 is 9.59 Å². The van der Waals surface area contributed by atoms with Crippen LogP contribution in [-0.4, -0.2) is 42.2 Å². The highest BCUT2D eigenvalue weighted by Crippen LogP contribution is 2.13. The summed E-state index contributed by atoms with van der Waals surface area (Å²) in [7, 11) is 0. The predicted molar refractivity (Wildman–Crippen MR) is 72.3 cm³/mol. The minimum Gasteiger partial charge on any atom is -0.387 e. The maximum atomic E-state index is 11.9. The molecule has 2 amide bonds. The summed E-state index contributed by atoms with van der Waals surface area (Å²) in [5.41, 5.74) is 6.76. The van der Waals surface area contributed by atoms with Gasteiger partial charge in [0, 0.05) is 18.7 Å². The topological polar surface area (TPSA) is 87.8 Å². The van der Waals surface area contributed by atoms with E-state index in [2.05, 4.69) is 10.3 Å². The lowest BCUT2D eigenvalue weighted by molar-refractivity contribution is -0.122. The predicted octanol–water partition coefficient (Wildman–Crippen LogP) is 0.266. The minimum atomic E-state index is -0.143. The summed E-state index contributed by atoms with van der Waals surface area (Å²) < 4.78 is 0. The molecule has 1 saturated heterocycles. The number of nitrogens with one attached hydrogen (secondary N) is 1. The molecule has 0 saturated carbocycles. The number of amidine groups is 1. The van der Waals surface area contributed by atoms with Gasteiger partial charge in [0.05, 0.1) is 17.6 Å². The Hall–Kier alpha value is -2.37. The molecule has 1 aromatic rings. The Balaban J connectivity index is 1.93. The number of nitrogens with two attached hydrogens (primary N) is 1. The van der Waals surface area contributed by atoms with Crippen molar-refractivity contribution >= 4 is 23.8 Å². The summed E-state index contributed by atoms with van der Waals surface area (Å²) >= 11 is 0. The van der Waals surface area contributed by atoms with Crippen molar-refractivity contribution in [1.82, 2.24) is 10.2 Å². The number of aliphatic imine (C=N–C) groups is 1. The van der Waals surface area contributed by atoms with Gasteiger partial charge in [-0.25, -0.2) is 4.99 Å². The van der Waals surface area contributed by atoms with Gasteiger partial charge in [-0.05, 0) is 31.2 Å². The molecule has 1 aliphatic rings. The number of hydrogen-bond acceptors (Lipinski definition) is 3. The molecule has 0 radical (unpaired) electrons. The van der Waals surface area contributed by atoms with E-state index in [0.29, 0.717) is 30.2 Å². The van der Waals surface area contributed by atoms with Crippen molar-refractivity contribution in [2.24, 2.45) is 10.7 Å². The van der Waals surface area contributed by atoms with Crippen LogP contribution in [-0.2, 0) is 4.79 Å². The van der Waals surface area contributed by atoms with E-state index in [1.807, 2.05) is 0 Å². The van der Waals surface area contributed by atoms with Crippen LogP contribution in [0.4, 0.5) is 5.69 Å². The van der Waals surface area contributed by atoms with E-state index < -0.39 is 0 Å². The van der Waals surface area contributed by atoms with E-state index in [4.69, 9.17) is 5.73 Å². The molecule has 19 heavy (non-hydrogen) atoms. The summed E-state index contributed by atoms with van der Waals surface area (Å²) in [6, 6.07) is 6.93. The van der Waals surface area contributed by atoms with E-state index in [-0.39, 0.29) is 11.9 Å². The molecule has 6 heteroatoms. The highest BCUT2D eigenvalue weighted by atomic mass is 16.2. The standard InChI is InChI=1S/C13H16N4O2/c1-9(14)15-11-4-2-10(3-5-11)13(19)16-12-6-17(7-12)8-18/h2-5,8,12H,6-7H2,1H3,(H2,14,15)(H,16,19). The van der Waals surface area contributed by atoms with E-state index in [1.54, 1.807) is 36.1 Å². The van der Waals surface area contributed by atoms with E-state index in [9.17, 15) is 9.59 Å². The Bertz CT molecular complexity index is 500. The van der Waals surface area contributed by atoms with Gasteiger partial charge in [-0.15, -0.1) is 0 Å². The number of rotatable bonds is 4. The Labute approximate surface area is 111 Å². The van der Waals surface area contributed by atoms with Crippen molar-refractivity contribution in [3.63, 3.8) is 0 Å². The minimum absolute atomic E-state index is 0.0432. The fourth-order valence-corrected chi connectivity index (χ4v) is 1.85. The normalized spacial score (nSPS) is 15.8. The zero-order valence-corrected chi connectivity index (χ0v) is 10.7. The molecule has 0 atom stereocenters. The second kappa shape index (κ2) is 5.51. The summed E-state index contributed by atoms with van der Waals surface area (Å²) in [6.45, 7) is 2.85. The lowest BCUT2D eigenvalue weighted by Crippen LogP contribution is -2.58. The first-order chi connectivity index (χ1) is 9.08. The van der Waals surface area contributed by atoms with Gasteiger partial charge < -0.3 is 16.0 Å². The molecule has 1 aromatic carbocycles. The molecule has 3 N–H and O–H groups in total. The number of carbonyl (C=O) groups excluding carboxylic acids is 2. The molecule has 100 valence electrons. The maximum Gasteiger partial charge on any atom is 0.251 e. The highest BCUT2D eigenvalue weighted by molar-refractivity contribution is 5.95. The third-order valence-corrected chi connectivity index (χ3v) is 2.83. The van der Waals surface area contributed by atoms with Gasteiger partial charge in [0.15, 0.2) is 0 Å². The van der Waals surface area contributed by atoms with Crippen molar-refractivity contribution in [1.29, 1.82) is 0 Å². The molecular weight excluding hydrogens is 244 g/mol. The molecule has 1 heterocycles. The lowest BCUT2D eigenvalue weighted by Gasteiger charge is -2.36. The van der Waals surface area contributed by atoms with Gasteiger partial charge >= 0.3 is 0 Å². The Kier molecular flexibility index (Phi) is 3.79. The smallest absolute Gasteiger partial charge is 0.251 e. The SMILES string of the molecule is CC(N)=Nc1ccc(C(=O)NC2CN(C=O)C2)cc1. The van der Waals surface area contributed by atoms with E-state index >= 15 is 0 Å². The molecule has 1 aliphatic heterocycles. The number of carbonyl (C=O) groups is 2. The molecule has 0 aliphatic carbocycles. The first-order valence-corrected chi connectivity index (χ1v) is 5.99. The van der Waals surface area contributed by atoms with Gasteiger partial charge in [-0.3, -0.25) is 9.59 Å². The van der Waals surface area contributed by atoms with Crippen LogP contribution >= 0.6 is 0 Å². The summed E-state index contributed by atoms with van der Waals surface area (Å²) in [4.78, 5) is 28.0. The number of hydrogen-bond donors (Lipinski definition) is 2. The summed E-state index contributed by atoms with van der Waals surface area (Å²) in [5, 5.41) is 2.86. The molecule has 1 fully saturated rings. The van der Waals surface area contributed by atoms with Crippen LogP contribution in [0.1, 0.15) is 17.3 Å². The first-order valence-electron chi connectivity index (χ1n) is 5.99. The van der Waals surface area contributed by atoms with Gasteiger partial charge in [-0.2, -0.15) is 0 Å². The largest absolute Gasteiger partial charge is 0.387 e. The maximum absolute atomic E-state index is 11.9. The molecule has 0 aromatic heterocycles. The molecule has 0 spiro atoms. The Morgan fingerprint density at radius 1 is 1.42 bits per heavy atom. The second-order valence-electron chi connectivity index (χ2n) is 4.53. The van der Waals surface area contributed by atoms with Gasteiger partial charge in [0.25, 0.3) is 5.91 Å². The third-order valence-electron chi connectivity index (χ3n) is 2.83. The van der Waals surface area contributed by atoms with Crippen LogP contribution in [0.25, 0.3) is 0 Å². The van der Waals surface area contributed by atoms with Gasteiger partial charge in [0.2, 0.25) is 6.41 Å². The van der Waals surface area contributed by atoms with Crippen molar-refractivity contribution in [2.45, 2.75) is 13.0 Å². The first kappa shape index (κ1) is 13.1. The van der Waals surface area contributed by atoms with Crippen LogP contribution in [0.2, 0.25) is 0 Å². The van der Waals surface area contributed by atoms with Gasteiger partial charge in [0.1, 0.15) is 0 Å². The lowest BCUT2D eigenvalue weighted by atomic mass is 10.1. The number of amides is 2. The van der Waals surface area contributed by atoms with Crippen molar-refractivity contribution in [3.8, 4) is 0 Å². The number of likely N-dealkylation sites (tertiary alicyclic amines) is 1. The molecular formula is C13H16N4O2. The third kappa shape index (κ3) is 3.31. The Morgan fingerprint density at radius 3 is 2.58 bits per heavy atom. The van der Waals surface area contributed by atoms with Crippen LogP contribution < -0.4 is 11.1 Å². The number of nitrogens with zero attached hydrogens (tertiary/aromatic N) is 2. The monoisotopic (exact) mass is 260 g/mol. The summed E-state index contributed by atoms with van der Waals surface area (Å²) in [6.07, 6.45) is 0.782. The average Bonchev–Trinajstić information content (AvgIpc) is 2.33. The second-order valence-corrected chi connectivity index (χ2v) is 4.53. The average molecular weight is 260 g/mol. The quantitative estimate of drug-likeness (QED) is 0.462.